The van der Waals surface area contributed by atoms with E-state index in [9.17, 15) is 4.79 Å². The molecule has 1 aliphatic rings. The number of rotatable bonds is 1. The Morgan fingerprint density at radius 2 is 1.31 bits per heavy atom. The number of nitrogens with zero attached hydrogens (tertiary/aromatic N) is 1. The first-order valence-corrected chi connectivity index (χ1v) is 16.0. The van der Waals surface area contributed by atoms with Crippen molar-refractivity contribution in [2.24, 2.45) is 0 Å². The second-order valence-electron chi connectivity index (χ2n) is 15.4. The summed E-state index contributed by atoms with van der Waals surface area (Å²) in [6.45, 7) is 17.6. The van der Waals surface area contributed by atoms with Gasteiger partial charge in [0.1, 0.15) is 11.2 Å². The molecule has 224 valence electrons. The molecule has 7 aromatic rings. The Morgan fingerprint density at radius 3 is 2.07 bits per heavy atom. The Morgan fingerprint density at radius 1 is 0.622 bits per heavy atom. The van der Waals surface area contributed by atoms with Crippen LogP contribution >= 0.6 is 0 Å². The molecule has 0 N–H and O–H groups in total. The van der Waals surface area contributed by atoms with Gasteiger partial charge in [0.2, 0.25) is 5.43 Å². The maximum atomic E-state index is 14.3. The van der Waals surface area contributed by atoms with Gasteiger partial charge in [-0.1, -0.05) is 110 Å². The average molecular weight is 590 g/mol. The first-order chi connectivity index (χ1) is 21.3. The molecule has 3 nitrogen and oxygen atoms in total. The highest BCUT2D eigenvalue weighted by Gasteiger charge is 2.36. The predicted molar refractivity (Wildman–Crippen MR) is 189 cm³/mol. The Kier molecular flexibility index (Phi) is 5.56. The van der Waals surface area contributed by atoms with Crippen LogP contribution in [0, 0.1) is 0 Å². The van der Waals surface area contributed by atoms with Gasteiger partial charge >= 0.3 is 0 Å². The van der Waals surface area contributed by atoms with Crippen LogP contribution < -0.4 is 5.43 Å². The molecule has 0 atom stereocenters. The SMILES string of the molecule is CC(C)(C)c1ccc(C(C)(C)C)c2c(=O)c3ccc(-n4c5ccccc5c5cc6c(cc54)C(C)(C)c4ccccc4-6)cc3oc12. The van der Waals surface area contributed by atoms with Gasteiger partial charge in [0.25, 0.3) is 0 Å². The highest BCUT2D eigenvalue weighted by atomic mass is 16.3. The summed E-state index contributed by atoms with van der Waals surface area (Å²) >= 11 is 0. The van der Waals surface area contributed by atoms with Gasteiger partial charge in [-0.05, 0) is 69.0 Å². The molecule has 2 aromatic heterocycles. The van der Waals surface area contributed by atoms with Crippen LogP contribution in [0.1, 0.15) is 77.6 Å². The molecule has 0 radical (unpaired) electrons. The van der Waals surface area contributed by atoms with Gasteiger partial charge in [0, 0.05) is 33.5 Å². The fourth-order valence-electron chi connectivity index (χ4n) is 7.74. The molecule has 0 fully saturated rings. The number of hydrogen-bond acceptors (Lipinski definition) is 2. The van der Waals surface area contributed by atoms with Crippen LogP contribution in [-0.2, 0) is 16.2 Å². The molecular weight excluding hydrogens is 550 g/mol. The second-order valence-corrected chi connectivity index (χ2v) is 15.4. The van der Waals surface area contributed by atoms with E-state index in [4.69, 9.17) is 4.42 Å². The zero-order valence-corrected chi connectivity index (χ0v) is 27.4. The third-order valence-electron chi connectivity index (χ3n) is 10.1. The van der Waals surface area contributed by atoms with E-state index in [2.05, 4.69) is 145 Å². The molecule has 0 spiro atoms. The molecule has 2 heterocycles. The van der Waals surface area contributed by atoms with Crippen molar-refractivity contribution >= 4 is 43.7 Å². The lowest BCUT2D eigenvalue weighted by atomic mass is 9.79. The van der Waals surface area contributed by atoms with E-state index >= 15 is 0 Å². The molecule has 45 heavy (non-hydrogen) atoms. The van der Waals surface area contributed by atoms with Gasteiger partial charge in [-0.3, -0.25) is 4.79 Å². The van der Waals surface area contributed by atoms with Crippen LogP contribution in [0.4, 0.5) is 0 Å². The Hall–Kier alpha value is -4.63. The quantitative estimate of drug-likeness (QED) is 0.179. The fourth-order valence-corrected chi connectivity index (χ4v) is 7.74. The van der Waals surface area contributed by atoms with Crippen LogP contribution in [-0.4, -0.2) is 4.57 Å². The van der Waals surface area contributed by atoms with E-state index in [1.54, 1.807) is 0 Å². The third-order valence-corrected chi connectivity index (χ3v) is 10.1. The van der Waals surface area contributed by atoms with Crippen LogP contribution in [0.15, 0.2) is 100 Å². The zero-order valence-electron chi connectivity index (χ0n) is 27.4. The number of aromatic nitrogens is 1. The van der Waals surface area contributed by atoms with Gasteiger partial charge in [0.15, 0.2) is 0 Å². The van der Waals surface area contributed by atoms with Gasteiger partial charge < -0.3 is 8.98 Å². The minimum atomic E-state index is -0.201. The highest BCUT2D eigenvalue weighted by Crippen LogP contribution is 2.51. The Bertz CT molecular complexity index is 2440. The largest absolute Gasteiger partial charge is 0.455 e. The topological polar surface area (TPSA) is 35.1 Å². The number of benzene rings is 5. The normalized spacial score (nSPS) is 14.5. The molecule has 0 saturated heterocycles. The van der Waals surface area contributed by atoms with E-state index in [-0.39, 0.29) is 21.7 Å². The monoisotopic (exact) mass is 589 g/mol. The van der Waals surface area contributed by atoms with Crippen molar-refractivity contribution in [2.75, 3.05) is 0 Å². The molecule has 3 heteroatoms. The second kappa shape index (κ2) is 8.97. The van der Waals surface area contributed by atoms with Gasteiger partial charge in [-0.25, -0.2) is 0 Å². The summed E-state index contributed by atoms with van der Waals surface area (Å²) in [5, 5.41) is 3.74. The lowest BCUT2D eigenvalue weighted by molar-refractivity contribution is 0.562. The van der Waals surface area contributed by atoms with Crippen LogP contribution in [0.5, 0.6) is 0 Å². The van der Waals surface area contributed by atoms with Crippen molar-refractivity contribution < 1.29 is 4.42 Å². The summed E-state index contributed by atoms with van der Waals surface area (Å²) in [6, 6.07) is 32.5. The minimum Gasteiger partial charge on any atom is -0.455 e. The Labute approximate surface area is 264 Å². The molecule has 8 rings (SSSR count). The van der Waals surface area contributed by atoms with Crippen molar-refractivity contribution in [2.45, 2.75) is 71.6 Å². The molecule has 0 aliphatic heterocycles. The number of hydrogen-bond donors (Lipinski definition) is 0. The lowest BCUT2D eigenvalue weighted by Crippen LogP contribution is -2.19. The van der Waals surface area contributed by atoms with Crippen molar-refractivity contribution in [3.8, 4) is 16.8 Å². The summed E-state index contributed by atoms with van der Waals surface area (Å²) in [4.78, 5) is 14.3. The van der Waals surface area contributed by atoms with Gasteiger partial charge in [-0.15, -0.1) is 0 Å². The maximum absolute atomic E-state index is 14.3. The zero-order chi connectivity index (χ0) is 31.6. The van der Waals surface area contributed by atoms with Crippen molar-refractivity contribution in [3.05, 3.63) is 123 Å². The minimum absolute atomic E-state index is 0.0355. The summed E-state index contributed by atoms with van der Waals surface area (Å²) in [6.07, 6.45) is 0. The fraction of sp³-hybridized carbons (Fsp3) is 0.262. The Balaban J connectivity index is 1.45. The molecular formula is C42H39NO2. The van der Waals surface area contributed by atoms with Gasteiger partial charge in [-0.2, -0.15) is 0 Å². The first-order valence-electron chi connectivity index (χ1n) is 16.0. The average Bonchev–Trinajstić information content (AvgIpc) is 3.43. The molecule has 0 unspecified atom stereocenters. The van der Waals surface area contributed by atoms with Crippen molar-refractivity contribution in [1.29, 1.82) is 0 Å². The van der Waals surface area contributed by atoms with E-state index < -0.39 is 0 Å². The smallest absolute Gasteiger partial charge is 0.200 e. The summed E-state index contributed by atoms with van der Waals surface area (Å²) in [7, 11) is 0. The van der Waals surface area contributed by atoms with Gasteiger partial charge in [0.05, 0.1) is 21.8 Å². The van der Waals surface area contributed by atoms with E-state index in [0.717, 1.165) is 27.8 Å². The summed E-state index contributed by atoms with van der Waals surface area (Å²) in [5.74, 6) is 0. The molecule has 0 bridgehead atoms. The van der Waals surface area contributed by atoms with Crippen LogP contribution in [0.2, 0.25) is 0 Å². The first kappa shape index (κ1) is 27.9. The van der Waals surface area contributed by atoms with E-state index in [0.29, 0.717) is 21.9 Å². The van der Waals surface area contributed by atoms with E-state index in [1.165, 1.54) is 33.0 Å². The number of para-hydroxylation sites is 1. The highest BCUT2D eigenvalue weighted by molar-refractivity contribution is 6.12. The summed E-state index contributed by atoms with van der Waals surface area (Å²) < 4.78 is 9.16. The van der Waals surface area contributed by atoms with Crippen molar-refractivity contribution in [3.63, 3.8) is 0 Å². The maximum Gasteiger partial charge on any atom is 0.200 e. The van der Waals surface area contributed by atoms with Crippen LogP contribution in [0.3, 0.4) is 0 Å². The third kappa shape index (κ3) is 3.86. The van der Waals surface area contributed by atoms with Crippen molar-refractivity contribution in [1.82, 2.24) is 4.57 Å². The molecule has 1 aliphatic carbocycles. The van der Waals surface area contributed by atoms with E-state index in [1.807, 2.05) is 6.07 Å². The standard InChI is InChI=1S/C42H39NO2/c1-40(2,3)31-19-20-32(41(4,5)6)39-37(31)38(44)27-18-17-24(21-36(27)45-39)43-34-16-12-10-14-26(34)29-22-28-25-13-9-11-15-30(25)42(7,8)33(28)23-35(29)43/h9-23H,1-8H3. The molecule has 0 saturated carbocycles. The predicted octanol–water partition coefficient (Wildman–Crippen LogP) is 10.9. The molecule has 5 aromatic carbocycles. The molecule has 0 amide bonds. The number of fused-ring (bicyclic) bond motifs is 8. The lowest BCUT2D eigenvalue weighted by Gasteiger charge is -2.26. The summed E-state index contributed by atoms with van der Waals surface area (Å²) in [5.41, 5.74) is 11.5. The van der Waals surface area contributed by atoms with Crippen LogP contribution in [0.25, 0.3) is 60.6 Å².